The second-order valence-electron chi connectivity index (χ2n) is 5.86. The minimum atomic E-state index is 0.659. The fourth-order valence-electron chi connectivity index (χ4n) is 2.51. The molecule has 0 radical (unpaired) electrons. The predicted molar refractivity (Wildman–Crippen MR) is 107 cm³/mol. The van der Waals surface area contributed by atoms with Crippen molar-refractivity contribution < 1.29 is 0 Å². The summed E-state index contributed by atoms with van der Waals surface area (Å²) in [5.41, 5.74) is 2.51. The van der Waals surface area contributed by atoms with E-state index >= 15 is 0 Å². The van der Waals surface area contributed by atoms with Crippen LogP contribution in [0.1, 0.15) is 117 Å². The zero-order valence-corrected chi connectivity index (χ0v) is 17.1. The Kier molecular flexibility index (Phi) is 20.4. The highest BCUT2D eigenvalue weighted by atomic mass is 14.7. The number of nitrogens with zero attached hydrogens (tertiary/aromatic N) is 1. The summed E-state index contributed by atoms with van der Waals surface area (Å²) >= 11 is 0. The van der Waals surface area contributed by atoms with Crippen LogP contribution in [0.4, 0.5) is 0 Å². The lowest BCUT2D eigenvalue weighted by molar-refractivity contribution is 0.579. The van der Waals surface area contributed by atoms with Crippen LogP contribution in [0.3, 0.4) is 0 Å². The maximum atomic E-state index is 4.68. The molecule has 1 aromatic rings. The molecule has 0 aromatic carbocycles. The van der Waals surface area contributed by atoms with E-state index in [2.05, 4.69) is 57.8 Å². The molecule has 0 saturated carbocycles. The Morgan fingerprint density at radius 3 is 1.87 bits per heavy atom. The first-order valence-corrected chi connectivity index (χ1v) is 10.2. The maximum absolute atomic E-state index is 4.68. The first kappa shape index (κ1) is 24.4. The average Bonchev–Trinajstić information content (AvgIpc) is 2.62. The Balaban J connectivity index is 0. The van der Waals surface area contributed by atoms with Gasteiger partial charge in [-0.3, -0.25) is 4.98 Å². The molecule has 0 bridgehead atoms. The van der Waals surface area contributed by atoms with Crippen LogP contribution >= 0.6 is 0 Å². The molecule has 23 heavy (non-hydrogen) atoms. The topological polar surface area (TPSA) is 12.9 Å². The van der Waals surface area contributed by atoms with Gasteiger partial charge in [0, 0.05) is 17.3 Å². The molecule has 0 amide bonds. The van der Waals surface area contributed by atoms with E-state index in [0.717, 1.165) is 6.42 Å². The number of hydrogen-bond acceptors (Lipinski definition) is 1. The van der Waals surface area contributed by atoms with Crippen LogP contribution in [0.15, 0.2) is 18.2 Å². The largest absolute Gasteiger partial charge is 0.258 e. The highest BCUT2D eigenvalue weighted by Crippen LogP contribution is 2.22. The molecule has 0 fully saturated rings. The Labute approximate surface area is 147 Å². The first-order valence-electron chi connectivity index (χ1n) is 10.2. The molecule has 136 valence electrons. The van der Waals surface area contributed by atoms with Crippen LogP contribution in [-0.2, 0) is 6.42 Å². The molecule has 1 heteroatoms. The number of unbranched alkanes of at least 4 members (excludes halogenated alkanes) is 4. The van der Waals surface area contributed by atoms with Gasteiger partial charge in [0.2, 0.25) is 0 Å². The first-order chi connectivity index (χ1) is 11.2. The minimum absolute atomic E-state index is 0.659. The third-order valence-corrected chi connectivity index (χ3v) is 3.95. The van der Waals surface area contributed by atoms with Gasteiger partial charge >= 0.3 is 0 Å². The molecule has 1 nitrogen and oxygen atoms in total. The van der Waals surface area contributed by atoms with Crippen molar-refractivity contribution >= 4 is 0 Å². The van der Waals surface area contributed by atoms with E-state index in [-0.39, 0.29) is 0 Å². The fraction of sp³-hybridized carbons (Fsp3) is 0.773. The van der Waals surface area contributed by atoms with E-state index in [9.17, 15) is 0 Å². The van der Waals surface area contributed by atoms with E-state index in [1.54, 1.807) is 0 Å². The number of pyridine rings is 1. The standard InChI is InChI=1S/C13H21N.C7H16.C2H6/c1-4-8-11(5-2)13-10-7-9-12(6-3)14-13;1-3-5-7-6-4-2;1-2/h7,9-11H,4-6,8H2,1-3H3;3-7H2,1-2H3;1-2H3. The Bertz CT molecular complexity index is 328. The fourth-order valence-corrected chi connectivity index (χ4v) is 2.51. The highest BCUT2D eigenvalue weighted by Gasteiger charge is 2.09. The zero-order chi connectivity index (χ0) is 17.9. The Morgan fingerprint density at radius 2 is 1.43 bits per heavy atom. The molecular formula is C22H43N. The van der Waals surface area contributed by atoms with Gasteiger partial charge in [0.1, 0.15) is 0 Å². The predicted octanol–water partition coefficient (Wildman–Crippen LogP) is 7.94. The van der Waals surface area contributed by atoms with Gasteiger partial charge in [0.05, 0.1) is 0 Å². The molecule has 0 N–H and O–H groups in total. The molecule has 0 spiro atoms. The lowest BCUT2D eigenvalue weighted by atomic mass is 9.96. The lowest BCUT2D eigenvalue weighted by Crippen LogP contribution is -2.01. The SMILES string of the molecule is CC.CCCC(CC)c1cccc(CC)n1.CCCCCCC. The third kappa shape index (κ3) is 13.3. The van der Waals surface area contributed by atoms with Crippen LogP contribution < -0.4 is 0 Å². The van der Waals surface area contributed by atoms with Crippen molar-refractivity contribution in [2.24, 2.45) is 0 Å². The van der Waals surface area contributed by atoms with Gasteiger partial charge in [-0.2, -0.15) is 0 Å². The molecule has 1 aromatic heterocycles. The summed E-state index contributed by atoms with van der Waals surface area (Å²) in [6.45, 7) is 15.1. The quantitative estimate of drug-likeness (QED) is 0.420. The van der Waals surface area contributed by atoms with Crippen LogP contribution in [0.2, 0.25) is 0 Å². The Hall–Kier alpha value is -0.850. The molecule has 1 unspecified atom stereocenters. The van der Waals surface area contributed by atoms with Crippen LogP contribution in [0.5, 0.6) is 0 Å². The number of aromatic nitrogens is 1. The van der Waals surface area contributed by atoms with Gasteiger partial charge in [0.25, 0.3) is 0 Å². The van der Waals surface area contributed by atoms with Crippen molar-refractivity contribution in [2.75, 3.05) is 0 Å². The van der Waals surface area contributed by atoms with Crippen LogP contribution in [0, 0.1) is 0 Å². The molecule has 0 aliphatic rings. The summed E-state index contributed by atoms with van der Waals surface area (Å²) in [5, 5.41) is 0. The normalized spacial score (nSPS) is 10.9. The summed E-state index contributed by atoms with van der Waals surface area (Å²) in [6.07, 6.45) is 11.8. The van der Waals surface area contributed by atoms with Crippen molar-refractivity contribution in [3.8, 4) is 0 Å². The third-order valence-electron chi connectivity index (χ3n) is 3.95. The molecule has 0 aliphatic carbocycles. The van der Waals surface area contributed by atoms with E-state index < -0.39 is 0 Å². The van der Waals surface area contributed by atoms with Gasteiger partial charge in [0.15, 0.2) is 0 Å². The molecular weight excluding hydrogens is 278 g/mol. The van der Waals surface area contributed by atoms with Crippen molar-refractivity contribution in [3.63, 3.8) is 0 Å². The van der Waals surface area contributed by atoms with Crippen LogP contribution in [0.25, 0.3) is 0 Å². The number of aryl methyl sites for hydroxylation is 1. The highest BCUT2D eigenvalue weighted by molar-refractivity contribution is 5.14. The molecule has 1 rings (SSSR count). The summed E-state index contributed by atoms with van der Waals surface area (Å²) in [5.74, 6) is 0.659. The molecule has 0 saturated heterocycles. The van der Waals surface area contributed by atoms with Crippen LogP contribution in [-0.4, -0.2) is 4.98 Å². The minimum Gasteiger partial charge on any atom is -0.258 e. The second-order valence-corrected chi connectivity index (χ2v) is 5.86. The summed E-state index contributed by atoms with van der Waals surface area (Å²) < 4.78 is 0. The van der Waals surface area contributed by atoms with E-state index in [1.165, 1.54) is 62.8 Å². The molecule has 0 aliphatic heterocycles. The van der Waals surface area contributed by atoms with Crippen molar-refractivity contribution in [3.05, 3.63) is 29.6 Å². The smallest absolute Gasteiger partial charge is 0.0437 e. The summed E-state index contributed by atoms with van der Waals surface area (Å²) in [6, 6.07) is 6.42. The number of hydrogen-bond donors (Lipinski definition) is 0. The zero-order valence-electron chi connectivity index (χ0n) is 17.1. The van der Waals surface area contributed by atoms with Gasteiger partial charge in [-0.25, -0.2) is 0 Å². The Morgan fingerprint density at radius 1 is 0.826 bits per heavy atom. The van der Waals surface area contributed by atoms with Crippen molar-refractivity contribution in [1.29, 1.82) is 0 Å². The molecule has 1 atom stereocenters. The van der Waals surface area contributed by atoms with Gasteiger partial charge < -0.3 is 0 Å². The average molecular weight is 322 g/mol. The van der Waals surface area contributed by atoms with E-state index in [0.29, 0.717) is 5.92 Å². The van der Waals surface area contributed by atoms with Crippen molar-refractivity contribution in [1.82, 2.24) is 4.98 Å². The maximum Gasteiger partial charge on any atom is 0.0437 e. The molecule has 1 heterocycles. The van der Waals surface area contributed by atoms with Gasteiger partial charge in [-0.05, 0) is 31.4 Å². The number of rotatable bonds is 9. The second kappa shape index (κ2) is 19.2. The van der Waals surface area contributed by atoms with Crippen molar-refractivity contribution in [2.45, 2.75) is 112 Å². The van der Waals surface area contributed by atoms with Gasteiger partial charge in [-0.15, -0.1) is 0 Å². The van der Waals surface area contributed by atoms with E-state index in [1.807, 2.05) is 13.8 Å². The summed E-state index contributed by atoms with van der Waals surface area (Å²) in [7, 11) is 0. The lowest BCUT2D eigenvalue weighted by Gasteiger charge is -2.13. The van der Waals surface area contributed by atoms with E-state index in [4.69, 9.17) is 0 Å². The summed E-state index contributed by atoms with van der Waals surface area (Å²) in [4.78, 5) is 4.68. The monoisotopic (exact) mass is 321 g/mol. The van der Waals surface area contributed by atoms with Gasteiger partial charge in [-0.1, -0.05) is 93.1 Å².